The first-order chi connectivity index (χ1) is 7.93. The van der Waals surface area contributed by atoms with Crippen LogP contribution in [0.3, 0.4) is 0 Å². The number of hydrogen-bond acceptors (Lipinski definition) is 1. The predicted molar refractivity (Wildman–Crippen MR) is 68.5 cm³/mol. The zero-order valence-electron chi connectivity index (χ0n) is 9.52. The first-order valence-corrected chi connectivity index (χ1v) is 6.12. The van der Waals surface area contributed by atoms with Crippen LogP contribution in [0.4, 0.5) is 0 Å². The van der Waals surface area contributed by atoms with Crippen LogP contribution >= 0.6 is 0 Å². The van der Waals surface area contributed by atoms with Gasteiger partial charge >= 0.3 is 0 Å². The van der Waals surface area contributed by atoms with Gasteiger partial charge in [0.25, 0.3) is 0 Å². The van der Waals surface area contributed by atoms with Crippen molar-refractivity contribution < 1.29 is 0 Å². The third-order valence-electron chi connectivity index (χ3n) is 3.47. The zero-order valence-corrected chi connectivity index (χ0v) is 9.52. The van der Waals surface area contributed by atoms with Gasteiger partial charge in [-0.15, -0.1) is 0 Å². The van der Waals surface area contributed by atoms with Crippen molar-refractivity contribution >= 4 is 10.8 Å². The van der Waals surface area contributed by atoms with Crippen LogP contribution in [0.15, 0.2) is 42.5 Å². The highest BCUT2D eigenvalue weighted by atomic mass is 15.1. The lowest BCUT2D eigenvalue weighted by molar-refractivity contribution is 0.332. The van der Waals surface area contributed by atoms with Crippen molar-refractivity contribution in [3.63, 3.8) is 0 Å². The van der Waals surface area contributed by atoms with Crippen molar-refractivity contribution in [1.29, 1.82) is 0 Å². The average molecular weight is 211 g/mol. The van der Waals surface area contributed by atoms with Crippen molar-refractivity contribution in [2.45, 2.75) is 19.4 Å². The van der Waals surface area contributed by atoms with E-state index >= 15 is 0 Å². The molecule has 0 radical (unpaired) electrons. The standard InChI is InChI=1S/C15H17N/c1-2-9-15-13(6-1)7-5-8-14(15)12-16-10-3-4-11-16/h1-2,5-9H,3-4,10-12H2. The molecule has 1 fully saturated rings. The van der Waals surface area contributed by atoms with E-state index in [1.54, 1.807) is 0 Å². The molecule has 1 aliphatic heterocycles. The lowest BCUT2D eigenvalue weighted by Gasteiger charge is -2.16. The van der Waals surface area contributed by atoms with E-state index in [9.17, 15) is 0 Å². The van der Waals surface area contributed by atoms with Crippen LogP contribution in [-0.2, 0) is 6.54 Å². The lowest BCUT2D eigenvalue weighted by atomic mass is 10.0. The van der Waals surface area contributed by atoms with Gasteiger partial charge in [-0.3, -0.25) is 4.90 Å². The Morgan fingerprint density at radius 2 is 1.62 bits per heavy atom. The predicted octanol–water partition coefficient (Wildman–Crippen LogP) is 3.44. The topological polar surface area (TPSA) is 3.24 Å². The first kappa shape index (κ1) is 9.86. The van der Waals surface area contributed by atoms with Crippen LogP contribution in [0.2, 0.25) is 0 Å². The summed E-state index contributed by atoms with van der Waals surface area (Å²) in [7, 11) is 0. The van der Waals surface area contributed by atoms with E-state index in [0.717, 1.165) is 6.54 Å². The van der Waals surface area contributed by atoms with Crippen molar-refractivity contribution in [2.75, 3.05) is 13.1 Å². The largest absolute Gasteiger partial charge is 0.299 e. The summed E-state index contributed by atoms with van der Waals surface area (Å²) in [5.74, 6) is 0. The number of nitrogens with zero attached hydrogens (tertiary/aromatic N) is 1. The Hall–Kier alpha value is -1.34. The van der Waals surface area contributed by atoms with Crippen molar-refractivity contribution in [3.8, 4) is 0 Å². The Morgan fingerprint density at radius 3 is 2.50 bits per heavy atom. The Labute approximate surface area is 96.7 Å². The van der Waals surface area contributed by atoms with Gasteiger partial charge < -0.3 is 0 Å². The summed E-state index contributed by atoms with van der Waals surface area (Å²) in [6.07, 6.45) is 2.73. The molecule has 0 aromatic heterocycles. The molecule has 0 aliphatic carbocycles. The monoisotopic (exact) mass is 211 g/mol. The fourth-order valence-electron chi connectivity index (χ4n) is 2.61. The lowest BCUT2D eigenvalue weighted by Crippen LogP contribution is -2.18. The molecule has 82 valence electrons. The molecule has 16 heavy (non-hydrogen) atoms. The molecule has 0 N–H and O–H groups in total. The number of rotatable bonds is 2. The maximum absolute atomic E-state index is 2.56. The summed E-state index contributed by atoms with van der Waals surface area (Å²) in [5.41, 5.74) is 1.47. The summed E-state index contributed by atoms with van der Waals surface area (Å²) >= 11 is 0. The number of likely N-dealkylation sites (tertiary alicyclic amines) is 1. The van der Waals surface area contributed by atoms with Crippen LogP contribution in [-0.4, -0.2) is 18.0 Å². The van der Waals surface area contributed by atoms with Crippen molar-refractivity contribution in [2.24, 2.45) is 0 Å². The van der Waals surface area contributed by atoms with Crippen molar-refractivity contribution in [1.82, 2.24) is 4.90 Å². The summed E-state index contributed by atoms with van der Waals surface area (Å²) in [6, 6.07) is 15.3. The fourth-order valence-corrected chi connectivity index (χ4v) is 2.61. The molecule has 0 saturated carbocycles. The second-order valence-corrected chi connectivity index (χ2v) is 4.62. The Balaban J connectivity index is 1.96. The molecule has 3 rings (SSSR count). The summed E-state index contributed by atoms with van der Waals surface area (Å²) < 4.78 is 0. The highest BCUT2D eigenvalue weighted by Crippen LogP contribution is 2.21. The van der Waals surface area contributed by atoms with Gasteiger partial charge in [0, 0.05) is 6.54 Å². The molecule has 0 spiro atoms. The van der Waals surface area contributed by atoms with Gasteiger partial charge in [0.1, 0.15) is 0 Å². The minimum Gasteiger partial charge on any atom is -0.299 e. The highest BCUT2D eigenvalue weighted by Gasteiger charge is 2.12. The van der Waals surface area contributed by atoms with E-state index in [4.69, 9.17) is 0 Å². The fraction of sp³-hybridized carbons (Fsp3) is 0.333. The van der Waals surface area contributed by atoms with Crippen molar-refractivity contribution in [3.05, 3.63) is 48.0 Å². The zero-order chi connectivity index (χ0) is 10.8. The van der Waals surface area contributed by atoms with E-state index in [1.807, 2.05) is 0 Å². The average Bonchev–Trinajstić information content (AvgIpc) is 2.82. The molecule has 2 aromatic carbocycles. The van der Waals surface area contributed by atoms with E-state index in [2.05, 4.69) is 47.4 Å². The molecular weight excluding hydrogens is 194 g/mol. The third-order valence-corrected chi connectivity index (χ3v) is 3.47. The van der Waals surface area contributed by atoms with Crippen LogP contribution in [0.1, 0.15) is 18.4 Å². The minimum absolute atomic E-state index is 1.11. The SMILES string of the molecule is c1ccc2c(CN3CCCC3)cccc2c1. The number of hydrogen-bond donors (Lipinski definition) is 0. The maximum atomic E-state index is 2.56. The summed E-state index contributed by atoms with van der Waals surface area (Å²) in [4.78, 5) is 2.56. The third kappa shape index (κ3) is 1.83. The molecular formula is C15H17N. The minimum atomic E-state index is 1.11. The molecule has 1 heterocycles. The van der Waals surface area contributed by atoms with Gasteiger partial charge in [-0.25, -0.2) is 0 Å². The van der Waals surface area contributed by atoms with Crippen LogP contribution < -0.4 is 0 Å². The molecule has 1 aliphatic rings. The van der Waals surface area contributed by atoms with E-state index in [-0.39, 0.29) is 0 Å². The summed E-state index contributed by atoms with van der Waals surface area (Å²) in [5, 5.41) is 2.77. The molecule has 1 nitrogen and oxygen atoms in total. The Morgan fingerprint density at radius 1 is 0.875 bits per heavy atom. The Bertz CT molecular complexity index is 478. The number of benzene rings is 2. The second kappa shape index (κ2) is 4.26. The van der Waals surface area contributed by atoms with Gasteiger partial charge in [-0.1, -0.05) is 42.5 Å². The molecule has 2 aromatic rings. The van der Waals surface area contributed by atoms with Gasteiger partial charge in [0.15, 0.2) is 0 Å². The molecule has 0 unspecified atom stereocenters. The normalized spacial score (nSPS) is 17.0. The first-order valence-electron chi connectivity index (χ1n) is 6.12. The van der Waals surface area contributed by atoms with Gasteiger partial charge in [0.05, 0.1) is 0 Å². The van der Waals surface area contributed by atoms with Crippen LogP contribution in [0, 0.1) is 0 Å². The molecule has 0 atom stereocenters. The maximum Gasteiger partial charge on any atom is 0.0239 e. The van der Waals surface area contributed by atoms with Gasteiger partial charge in [-0.2, -0.15) is 0 Å². The van der Waals surface area contributed by atoms with E-state index in [0.29, 0.717) is 0 Å². The van der Waals surface area contributed by atoms with Crippen LogP contribution in [0.5, 0.6) is 0 Å². The van der Waals surface area contributed by atoms with E-state index in [1.165, 1.54) is 42.3 Å². The van der Waals surface area contributed by atoms with Gasteiger partial charge in [-0.05, 0) is 42.3 Å². The van der Waals surface area contributed by atoms with Crippen LogP contribution in [0.25, 0.3) is 10.8 Å². The van der Waals surface area contributed by atoms with Gasteiger partial charge in [0.2, 0.25) is 0 Å². The number of fused-ring (bicyclic) bond motifs is 1. The molecule has 1 heteroatoms. The Kier molecular flexibility index (Phi) is 2.63. The summed E-state index contributed by atoms with van der Waals surface area (Å²) in [6.45, 7) is 3.65. The molecule has 1 saturated heterocycles. The highest BCUT2D eigenvalue weighted by molar-refractivity contribution is 5.85. The van der Waals surface area contributed by atoms with E-state index < -0.39 is 0 Å². The second-order valence-electron chi connectivity index (χ2n) is 4.62. The smallest absolute Gasteiger partial charge is 0.0239 e. The molecule has 0 amide bonds. The molecule has 0 bridgehead atoms. The quantitative estimate of drug-likeness (QED) is 0.735.